The maximum Gasteiger partial charge on any atom is 0.0681 e. The molecule has 0 bridgehead atoms. The quantitative estimate of drug-likeness (QED) is 0.114. The average Bonchev–Trinajstić information content (AvgIpc) is 3.14. The summed E-state index contributed by atoms with van der Waals surface area (Å²) in [6, 6.07) is 44.6. The fraction of sp³-hybridized carbons (Fsp3) is 0.143. The number of anilines is 6. The summed E-state index contributed by atoms with van der Waals surface area (Å²) in [5.74, 6) is 0. The lowest BCUT2D eigenvalue weighted by Gasteiger charge is -2.28. The minimum absolute atomic E-state index is 0.0127. The van der Waals surface area contributed by atoms with Gasteiger partial charge in [0, 0.05) is 34.1 Å². The van der Waals surface area contributed by atoms with Crippen molar-refractivity contribution in [1.82, 2.24) is 0 Å². The lowest BCUT2D eigenvalue weighted by molar-refractivity contribution is 0.281. The van der Waals surface area contributed by atoms with Gasteiger partial charge in [0.05, 0.1) is 26.4 Å². The first-order valence-corrected chi connectivity index (χ1v) is 16.0. The van der Waals surface area contributed by atoms with E-state index in [1.807, 2.05) is 97.1 Å². The van der Waals surface area contributed by atoms with Gasteiger partial charge in [-0.3, -0.25) is 0 Å². The van der Waals surface area contributed by atoms with Crippen molar-refractivity contribution in [1.29, 1.82) is 0 Å². The van der Waals surface area contributed by atoms with E-state index < -0.39 is 0 Å². The normalized spacial score (nSPS) is 11.0. The zero-order valence-corrected chi connectivity index (χ0v) is 27.2. The molecule has 0 fully saturated rings. The Morgan fingerprint density at radius 3 is 0.812 bits per heavy atom. The third-order valence-electron chi connectivity index (χ3n) is 8.72. The van der Waals surface area contributed by atoms with Gasteiger partial charge in [-0.2, -0.15) is 0 Å². The summed E-state index contributed by atoms with van der Waals surface area (Å²) in [6.45, 7) is 4.18. The van der Waals surface area contributed by atoms with Crippen LogP contribution < -0.4 is 9.80 Å². The second-order valence-corrected chi connectivity index (χ2v) is 12.0. The number of hydrogen-bond acceptors (Lipinski definition) is 6. The Morgan fingerprint density at radius 1 is 0.354 bits per heavy atom. The maximum absolute atomic E-state index is 9.61. The van der Waals surface area contributed by atoms with Crippen LogP contribution in [0.4, 0.5) is 34.1 Å². The Morgan fingerprint density at radius 2 is 0.604 bits per heavy atom. The summed E-state index contributed by atoms with van der Waals surface area (Å²) in [7, 11) is 0. The molecular formula is C42H40N2O4. The van der Waals surface area contributed by atoms with E-state index in [1.54, 1.807) is 0 Å². The smallest absolute Gasteiger partial charge is 0.0681 e. The van der Waals surface area contributed by atoms with Gasteiger partial charge >= 0.3 is 0 Å². The summed E-state index contributed by atoms with van der Waals surface area (Å²) in [5, 5.41) is 38.4. The van der Waals surface area contributed by atoms with Crippen molar-refractivity contribution < 1.29 is 20.4 Å². The number of nitrogens with zero attached hydrogens (tertiary/aromatic N) is 2. The van der Waals surface area contributed by atoms with Crippen molar-refractivity contribution in [2.45, 2.75) is 40.3 Å². The number of benzene rings is 6. The molecule has 6 rings (SSSR count). The molecule has 6 aromatic rings. The Labute approximate surface area is 282 Å². The van der Waals surface area contributed by atoms with E-state index in [2.05, 4.69) is 60.0 Å². The standard InChI is InChI=1S/C42H40N2O4/c1-29-23-35(11-21-41(29)43(37-13-3-31(25-45)4-14-37)38-15-5-32(26-46)6-16-38)36-12-22-42(30(2)24-36)44(39-17-7-33(27-47)8-18-39)40-19-9-34(28-48)10-20-40/h3-24,45-48H,25-28H2,1-2H3. The van der Waals surface area contributed by atoms with E-state index >= 15 is 0 Å². The predicted molar refractivity (Wildman–Crippen MR) is 194 cm³/mol. The average molecular weight is 637 g/mol. The first-order valence-electron chi connectivity index (χ1n) is 16.0. The van der Waals surface area contributed by atoms with Gasteiger partial charge in [0.15, 0.2) is 0 Å². The van der Waals surface area contributed by atoms with Gasteiger partial charge in [0.25, 0.3) is 0 Å². The van der Waals surface area contributed by atoms with Crippen LogP contribution in [-0.2, 0) is 26.4 Å². The molecule has 6 nitrogen and oxygen atoms in total. The van der Waals surface area contributed by atoms with Crippen LogP contribution in [0.25, 0.3) is 11.1 Å². The Balaban J connectivity index is 1.37. The van der Waals surface area contributed by atoms with Crippen molar-refractivity contribution >= 4 is 34.1 Å². The highest BCUT2D eigenvalue weighted by atomic mass is 16.3. The molecule has 0 saturated heterocycles. The van der Waals surface area contributed by atoms with Gasteiger partial charge in [0.2, 0.25) is 0 Å². The van der Waals surface area contributed by atoms with Crippen LogP contribution in [-0.4, -0.2) is 20.4 Å². The molecule has 0 atom stereocenters. The lowest BCUT2D eigenvalue weighted by Crippen LogP contribution is -2.12. The van der Waals surface area contributed by atoms with E-state index in [4.69, 9.17) is 0 Å². The fourth-order valence-corrected chi connectivity index (χ4v) is 6.03. The van der Waals surface area contributed by atoms with E-state index in [1.165, 1.54) is 0 Å². The molecule has 6 aromatic carbocycles. The number of rotatable bonds is 11. The van der Waals surface area contributed by atoms with Crippen LogP contribution in [0.3, 0.4) is 0 Å². The molecule has 0 aromatic heterocycles. The van der Waals surface area contributed by atoms with Gasteiger partial charge < -0.3 is 30.2 Å². The van der Waals surface area contributed by atoms with Gasteiger partial charge in [-0.15, -0.1) is 0 Å². The first kappa shape index (κ1) is 32.7. The third-order valence-corrected chi connectivity index (χ3v) is 8.72. The number of aliphatic hydroxyl groups excluding tert-OH is 4. The predicted octanol–water partition coefficient (Wildman–Crippen LogP) is 8.88. The number of hydrogen-bond donors (Lipinski definition) is 4. The molecule has 0 heterocycles. The molecule has 0 aliphatic carbocycles. The molecule has 242 valence electrons. The van der Waals surface area contributed by atoms with Gasteiger partial charge in [-0.25, -0.2) is 0 Å². The molecule has 4 N–H and O–H groups in total. The summed E-state index contributed by atoms with van der Waals surface area (Å²) in [5.41, 5.74) is 13.7. The van der Waals surface area contributed by atoms with Crippen LogP contribution >= 0.6 is 0 Å². The molecule has 48 heavy (non-hydrogen) atoms. The van der Waals surface area contributed by atoms with Crippen LogP contribution in [0, 0.1) is 13.8 Å². The van der Waals surface area contributed by atoms with Crippen molar-refractivity contribution in [2.75, 3.05) is 9.80 Å². The van der Waals surface area contributed by atoms with E-state index in [9.17, 15) is 20.4 Å². The minimum atomic E-state index is -0.0127. The Hall–Kier alpha value is -5.24. The Kier molecular flexibility index (Phi) is 9.99. The van der Waals surface area contributed by atoms with E-state index in [0.29, 0.717) is 0 Å². The molecule has 6 heteroatoms. The van der Waals surface area contributed by atoms with Crippen molar-refractivity contribution in [3.63, 3.8) is 0 Å². The van der Waals surface area contributed by atoms with Crippen LogP contribution in [0.1, 0.15) is 33.4 Å². The van der Waals surface area contributed by atoms with Gasteiger partial charge in [0.1, 0.15) is 0 Å². The molecule has 0 aliphatic rings. The van der Waals surface area contributed by atoms with Crippen LogP contribution in [0.5, 0.6) is 0 Å². The zero-order chi connectivity index (χ0) is 33.6. The zero-order valence-electron chi connectivity index (χ0n) is 27.2. The summed E-state index contributed by atoms with van der Waals surface area (Å²) >= 11 is 0. The highest BCUT2D eigenvalue weighted by molar-refractivity contribution is 5.83. The summed E-state index contributed by atoms with van der Waals surface area (Å²) in [4.78, 5) is 4.38. The molecule has 0 spiro atoms. The third kappa shape index (κ3) is 6.88. The molecule has 0 unspecified atom stereocenters. The number of aryl methyl sites for hydroxylation is 2. The molecule has 0 amide bonds. The second kappa shape index (κ2) is 14.7. The molecule has 0 aliphatic heterocycles. The van der Waals surface area contributed by atoms with Crippen molar-refractivity contribution in [3.8, 4) is 11.1 Å². The van der Waals surface area contributed by atoms with Gasteiger partial charge in [-0.05, 0) is 131 Å². The van der Waals surface area contributed by atoms with E-state index in [-0.39, 0.29) is 26.4 Å². The maximum atomic E-state index is 9.61. The first-order chi connectivity index (χ1) is 23.4. The summed E-state index contributed by atoms with van der Waals surface area (Å²) < 4.78 is 0. The van der Waals surface area contributed by atoms with Gasteiger partial charge in [-0.1, -0.05) is 60.7 Å². The van der Waals surface area contributed by atoms with Crippen molar-refractivity contribution in [2.24, 2.45) is 0 Å². The monoisotopic (exact) mass is 636 g/mol. The lowest BCUT2D eigenvalue weighted by atomic mass is 9.98. The highest BCUT2D eigenvalue weighted by Gasteiger charge is 2.18. The van der Waals surface area contributed by atoms with Crippen LogP contribution in [0.15, 0.2) is 133 Å². The highest BCUT2D eigenvalue weighted by Crippen LogP contribution is 2.41. The SMILES string of the molecule is Cc1cc(-c2ccc(N(c3ccc(CO)cc3)c3ccc(CO)cc3)c(C)c2)ccc1N(c1ccc(CO)cc1)c1ccc(CO)cc1. The fourth-order valence-electron chi connectivity index (χ4n) is 6.03. The molecular weight excluding hydrogens is 596 g/mol. The number of aliphatic hydroxyl groups is 4. The Bertz CT molecular complexity index is 1730. The summed E-state index contributed by atoms with van der Waals surface area (Å²) in [6.07, 6.45) is 0. The largest absolute Gasteiger partial charge is 0.392 e. The second-order valence-electron chi connectivity index (χ2n) is 12.0. The molecule has 0 saturated carbocycles. The molecule has 0 radical (unpaired) electrons. The topological polar surface area (TPSA) is 87.4 Å². The van der Waals surface area contributed by atoms with E-state index in [0.717, 1.165) is 78.6 Å². The van der Waals surface area contributed by atoms with Crippen LogP contribution in [0.2, 0.25) is 0 Å². The minimum Gasteiger partial charge on any atom is -0.392 e. The van der Waals surface area contributed by atoms with Crippen molar-refractivity contribution in [3.05, 3.63) is 167 Å².